The molecule has 2 heterocycles. The van der Waals surface area contributed by atoms with Gasteiger partial charge in [0, 0.05) is 5.56 Å². The second-order valence-corrected chi connectivity index (χ2v) is 3.82. The number of hydrogen-bond acceptors (Lipinski definition) is 3. The van der Waals surface area contributed by atoms with E-state index in [1.807, 2.05) is 23.7 Å². The quantitative estimate of drug-likeness (QED) is 0.657. The lowest BCUT2D eigenvalue weighted by molar-refractivity contribution is 1.10. The normalized spacial score (nSPS) is 10.9. The fourth-order valence-electron chi connectivity index (χ4n) is 1.45. The Morgan fingerprint density at radius 2 is 2.00 bits per heavy atom. The summed E-state index contributed by atoms with van der Waals surface area (Å²) in [6.45, 7) is 0. The number of H-pyrrole nitrogens is 1. The van der Waals surface area contributed by atoms with Gasteiger partial charge in [-0.2, -0.15) is 5.10 Å². The molecule has 0 atom stereocenters. The summed E-state index contributed by atoms with van der Waals surface area (Å²) in [6, 6.07) is 10.2. The van der Waals surface area contributed by atoms with Gasteiger partial charge in [-0.25, -0.2) is 4.98 Å². The highest BCUT2D eigenvalue weighted by Crippen LogP contribution is 2.28. The van der Waals surface area contributed by atoms with E-state index in [2.05, 4.69) is 27.3 Å². The monoisotopic (exact) mass is 201 g/mol. The van der Waals surface area contributed by atoms with Gasteiger partial charge in [0.25, 0.3) is 0 Å². The predicted molar refractivity (Wildman–Crippen MR) is 57.2 cm³/mol. The number of rotatable bonds is 1. The summed E-state index contributed by atoms with van der Waals surface area (Å²) in [5, 5.41) is 7.14. The van der Waals surface area contributed by atoms with Crippen molar-refractivity contribution >= 4 is 21.7 Å². The van der Waals surface area contributed by atoms with E-state index >= 15 is 0 Å². The van der Waals surface area contributed by atoms with Crippen LogP contribution < -0.4 is 0 Å². The SMILES string of the molecule is c1ccc(-c2[nH]nc3ncsc23)cc1. The summed E-state index contributed by atoms with van der Waals surface area (Å²) in [4.78, 5) is 4.14. The zero-order chi connectivity index (χ0) is 9.38. The third kappa shape index (κ3) is 1.04. The zero-order valence-corrected chi connectivity index (χ0v) is 8.08. The van der Waals surface area contributed by atoms with Gasteiger partial charge >= 0.3 is 0 Å². The highest BCUT2D eigenvalue weighted by molar-refractivity contribution is 7.17. The van der Waals surface area contributed by atoms with Crippen molar-refractivity contribution in [3.05, 3.63) is 35.8 Å². The molecule has 2 aromatic heterocycles. The van der Waals surface area contributed by atoms with Crippen LogP contribution in [-0.2, 0) is 0 Å². The molecule has 0 aliphatic heterocycles. The van der Waals surface area contributed by atoms with Crippen molar-refractivity contribution in [2.75, 3.05) is 0 Å². The maximum absolute atomic E-state index is 4.14. The van der Waals surface area contributed by atoms with E-state index in [-0.39, 0.29) is 0 Å². The van der Waals surface area contributed by atoms with Gasteiger partial charge in [-0.05, 0) is 0 Å². The molecule has 0 bridgehead atoms. The Morgan fingerprint density at radius 3 is 2.86 bits per heavy atom. The van der Waals surface area contributed by atoms with E-state index in [9.17, 15) is 0 Å². The molecule has 3 nitrogen and oxygen atoms in total. The molecule has 0 radical (unpaired) electrons. The van der Waals surface area contributed by atoms with E-state index in [1.54, 1.807) is 11.3 Å². The average Bonchev–Trinajstić information content (AvgIpc) is 2.79. The van der Waals surface area contributed by atoms with Crippen molar-refractivity contribution in [1.82, 2.24) is 15.2 Å². The van der Waals surface area contributed by atoms with Gasteiger partial charge in [0.15, 0.2) is 5.65 Å². The van der Waals surface area contributed by atoms with Gasteiger partial charge < -0.3 is 0 Å². The number of thiazole rings is 1. The molecule has 0 aliphatic carbocycles. The lowest BCUT2D eigenvalue weighted by Crippen LogP contribution is -1.76. The first-order chi connectivity index (χ1) is 6.95. The first-order valence-electron chi connectivity index (χ1n) is 4.28. The summed E-state index contributed by atoms with van der Waals surface area (Å²) < 4.78 is 1.12. The maximum atomic E-state index is 4.14. The van der Waals surface area contributed by atoms with E-state index in [4.69, 9.17) is 0 Å². The number of aromatic nitrogens is 3. The van der Waals surface area contributed by atoms with Crippen LogP contribution in [0.2, 0.25) is 0 Å². The molecule has 3 aromatic rings. The topological polar surface area (TPSA) is 41.6 Å². The summed E-state index contributed by atoms with van der Waals surface area (Å²) in [5.41, 5.74) is 4.83. The van der Waals surface area contributed by atoms with E-state index < -0.39 is 0 Å². The van der Waals surface area contributed by atoms with E-state index in [1.165, 1.54) is 0 Å². The van der Waals surface area contributed by atoms with Crippen LogP contribution in [0.1, 0.15) is 0 Å². The summed E-state index contributed by atoms with van der Waals surface area (Å²) in [6.07, 6.45) is 0. The molecule has 68 valence electrons. The van der Waals surface area contributed by atoms with Crippen molar-refractivity contribution in [2.24, 2.45) is 0 Å². The molecule has 0 unspecified atom stereocenters. The van der Waals surface area contributed by atoms with Gasteiger partial charge in [-0.1, -0.05) is 30.3 Å². The van der Waals surface area contributed by atoms with Crippen LogP contribution in [-0.4, -0.2) is 15.2 Å². The lowest BCUT2D eigenvalue weighted by Gasteiger charge is -1.94. The highest BCUT2D eigenvalue weighted by atomic mass is 32.1. The Labute approximate surface area is 84.4 Å². The molecule has 0 amide bonds. The second-order valence-electron chi connectivity index (χ2n) is 2.97. The van der Waals surface area contributed by atoms with Crippen LogP contribution >= 0.6 is 11.3 Å². The average molecular weight is 201 g/mol. The first kappa shape index (κ1) is 7.70. The van der Waals surface area contributed by atoms with Crippen molar-refractivity contribution in [3.8, 4) is 11.3 Å². The van der Waals surface area contributed by atoms with Gasteiger partial charge in [0.05, 0.1) is 11.2 Å². The second kappa shape index (κ2) is 2.92. The van der Waals surface area contributed by atoms with E-state index in [0.29, 0.717) is 0 Å². The van der Waals surface area contributed by atoms with Gasteiger partial charge in [-0.15, -0.1) is 11.3 Å². The molecule has 14 heavy (non-hydrogen) atoms. The molecule has 4 heteroatoms. The lowest BCUT2D eigenvalue weighted by atomic mass is 10.2. The fraction of sp³-hybridized carbons (Fsp3) is 0. The number of nitrogens with one attached hydrogen (secondary N) is 1. The van der Waals surface area contributed by atoms with Crippen molar-refractivity contribution < 1.29 is 0 Å². The van der Waals surface area contributed by atoms with Crippen molar-refractivity contribution in [3.63, 3.8) is 0 Å². The minimum Gasteiger partial charge on any atom is -0.274 e. The van der Waals surface area contributed by atoms with Crippen LogP contribution in [0.3, 0.4) is 0 Å². The predicted octanol–water partition coefficient (Wildman–Crippen LogP) is 2.69. The Kier molecular flexibility index (Phi) is 1.61. The van der Waals surface area contributed by atoms with Crippen LogP contribution in [0.25, 0.3) is 21.6 Å². The molecule has 1 N–H and O–H groups in total. The minimum atomic E-state index is 0.800. The van der Waals surface area contributed by atoms with Crippen molar-refractivity contribution in [1.29, 1.82) is 0 Å². The molecule has 0 saturated heterocycles. The number of fused-ring (bicyclic) bond motifs is 1. The number of nitrogens with zero attached hydrogens (tertiary/aromatic N) is 2. The molecule has 3 rings (SSSR count). The number of hydrogen-bond donors (Lipinski definition) is 1. The Morgan fingerprint density at radius 1 is 1.14 bits per heavy atom. The van der Waals surface area contributed by atoms with Crippen LogP contribution in [0.15, 0.2) is 35.8 Å². The summed E-state index contributed by atoms with van der Waals surface area (Å²) in [5.74, 6) is 0. The molecule has 0 fully saturated rings. The summed E-state index contributed by atoms with van der Waals surface area (Å²) in [7, 11) is 0. The van der Waals surface area contributed by atoms with Crippen LogP contribution in [0, 0.1) is 0 Å². The number of aromatic amines is 1. The number of benzene rings is 1. The molecule has 0 spiro atoms. The molecule has 0 aliphatic rings. The third-order valence-corrected chi connectivity index (χ3v) is 2.94. The maximum Gasteiger partial charge on any atom is 0.192 e. The zero-order valence-electron chi connectivity index (χ0n) is 7.27. The first-order valence-corrected chi connectivity index (χ1v) is 5.16. The Bertz CT molecular complexity index is 553. The molecular weight excluding hydrogens is 194 g/mol. The Hall–Kier alpha value is -1.68. The van der Waals surface area contributed by atoms with Crippen LogP contribution in [0.4, 0.5) is 0 Å². The standard InChI is InChI=1S/C10H7N3S/c1-2-4-7(5-3-1)8-9-10(13-12-8)11-6-14-9/h1-6H,(H,12,13). The van der Waals surface area contributed by atoms with Gasteiger partial charge in [0.1, 0.15) is 4.70 Å². The molecule has 0 saturated carbocycles. The fourth-order valence-corrected chi connectivity index (χ4v) is 2.19. The summed E-state index contributed by atoms with van der Waals surface area (Å²) >= 11 is 1.61. The van der Waals surface area contributed by atoms with E-state index in [0.717, 1.165) is 21.6 Å². The smallest absolute Gasteiger partial charge is 0.192 e. The minimum absolute atomic E-state index is 0.800. The molecule has 1 aromatic carbocycles. The van der Waals surface area contributed by atoms with Crippen molar-refractivity contribution in [2.45, 2.75) is 0 Å². The van der Waals surface area contributed by atoms with Gasteiger partial charge in [0.2, 0.25) is 0 Å². The highest BCUT2D eigenvalue weighted by Gasteiger charge is 2.08. The van der Waals surface area contributed by atoms with Gasteiger partial charge in [-0.3, -0.25) is 5.10 Å². The largest absolute Gasteiger partial charge is 0.274 e. The Balaban J connectivity index is 2.28. The van der Waals surface area contributed by atoms with Crippen LogP contribution in [0.5, 0.6) is 0 Å². The third-order valence-electron chi connectivity index (χ3n) is 2.11. The molecular formula is C10H7N3S.